The quantitative estimate of drug-likeness (QED) is 0.677. The van der Waals surface area contributed by atoms with Gasteiger partial charge in [0.05, 0.1) is 12.7 Å². The van der Waals surface area contributed by atoms with Crippen molar-refractivity contribution in [2.45, 2.75) is 25.8 Å². The van der Waals surface area contributed by atoms with Crippen LogP contribution in [0.2, 0.25) is 0 Å². The van der Waals surface area contributed by atoms with E-state index in [9.17, 15) is 9.59 Å². The second-order valence-electron chi connectivity index (χ2n) is 4.89. The van der Waals surface area contributed by atoms with Crippen LogP contribution in [0, 0.1) is 5.92 Å². The predicted octanol–water partition coefficient (Wildman–Crippen LogP) is 2.45. The van der Waals surface area contributed by atoms with Crippen LogP contribution in [0.4, 0.5) is 0 Å². The first-order valence-corrected chi connectivity index (χ1v) is 6.80. The van der Waals surface area contributed by atoms with Gasteiger partial charge in [0.15, 0.2) is 0 Å². The number of benzene rings is 1. The maximum Gasteiger partial charge on any atom is 0.337 e. The van der Waals surface area contributed by atoms with E-state index in [1.807, 2.05) is 12.1 Å². The van der Waals surface area contributed by atoms with E-state index in [1.54, 1.807) is 12.1 Å². The van der Waals surface area contributed by atoms with Crippen LogP contribution in [0.25, 0.3) is 0 Å². The van der Waals surface area contributed by atoms with E-state index < -0.39 is 0 Å². The Balaban J connectivity index is 1.86. The molecular weight excluding hydrogens is 254 g/mol. The molecule has 0 saturated heterocycles. The summed E-state index contributed by atoms with van der Waals surface area (Å²) in [6, 6.07) is 7.06. The largest absolute Gasteiger partial charge is 0.465 e. The van der Waals surface area contributed by atoms with Crippen LogP contribution in [0.3, 0.4) is 0 Å². The first kappa shape index (κ1) is 14.3. The lowest BCUT2D eigenvalue weighted by molar-refractivity contribution is -0.125. The Morgan fingerprint density at radius 2 is 2.00 bits per heavy atom. The van der Waals surface area contributed by atoms with Crippen molar-refractivity contribution in [3.8, 4) is 0 Å². The predicted molar refractivity (Wildman–Crippen MR) is 76.1 cm³/mol. The number of ether oxygens (including phenoxy) is 1. The van der Waals surface area contributed by atoms with Crippen molar-refractivity contribution in [1.29, 1.82) is 0 Å². The molecule has 0 heterocycles. The summed E-state index contributed by atoms with van der Waals surface area (Å²) in [4.78, 5) is 23.3. The molecule has 1 aliphatic carbocycles. The zero-order chi connectivity index (χ0) is 14.4. The molecule has 4 heteroatoms. The molecule has 1 N–H and O–H groups in total. The van der Waals surface area contributed by atoms with Crippen LogP contribution >= 0.6 is 0 Å². The van der Waals surface area contributed by atoms with Gasteiger partial charge in [0.1, 0.15) is 0 Å². The van der Waals surface area contributed by atoms with E-state index in [2.05, 4.69) is 22.2 Å². The smallest absolute Gasteiger partial charge is 0.337 e. The van der Waals surface area contributed by atoms with Crippen LogP contribution in [0.1, 0.15) is 35.2 Å². The van der Waals surface area contributed by atoms with Crippen molar-refractivity contribution < 1.29 is 14.3 Å². The lowest BCUT2D eigenvalue weighted by Gasteiger charge is -2.17. The van der Waals surface area contributed by atoms with Crippen LogP contribution in [-0.2, 0) is 16.1 Å². The molecule has 4 nitrogen and oxygen atoms in total. The summed E-state index contributed by atoms with van der Waals surface area (Å²) in [5, 5.41) is 2.94. The normalized spacial score (nSPS) is 17.6. The Morgan fingerprint density at radius 1 is 1.25 bits per heavy atom. The summed E-state index contributed by atoms with van der Waals surface area (Å²) < 4.78 is 4.64. The topological polar surface area (TPSA) is 55.4 Å². The first-order valence-electron chi connectivity index (χ1n) is 6.80. The van der Waals surface area contributed by atoms with Gasteiger partial charge in [0.25, 0.3) is 0 Å². The maximum atomic E-state index is 12.0. The fourth-order valence-corrected chi connectivity index (χ4v) is 2.24. The number of carbonyl (C=O) groups excluding carboxylic acids is 2. The van der Waals surface area contributed by atoms with Crippen molar-refractivity contribution in [2.24, 2.45) is 5.92 Å². The van der Waals surface area contributed by atoms with Crippen LogP contribution < -0.4 is 5.32 Å². The van der Waals surface area contributed by atoms with E-state index >= 15 is 0 Å². The summed E-state index contributed by atoms with van der Waals surface area (Å²) in [5.74, 6) is -0.157. The van der Waals surface area contributed by atoms with Gasteiger partial charge < -0.3 is 10.1 Å². The van der Waals surface area contributed by atoms with Gasteiger partial charge in [-0.25, -0.2) is 4.79 Å². The number of methoxy groups -OCH3 is 1. The van der Waals surface area contributed by atoms with Gasteiger partial charge >= 0.3 is 5.97 Å². The standard InChI is InChI=1S/C16H19NO3/c1-20-16(19)14-9-7-12(8-10-14)11-17-15(18)13-5-3-2-4-6-13/h2-3,7-10,13H,4-6,11H2,1H3,(H,17,18). The SMILES string of the molecule is COC(=O)c1ccc(CNC(=O)C2CC=CCC2)cc1. The fourth-order valence-electron chi connectivity index (χ4n) is 2.24. The number of hydrogen-bond acceptors (Lipinski definition) is 3. The molecule has 1 aliphatic rings. The molecule has 20 heavy (non-hydrogen) atoms. The Kier molecular flexibility index (Phi) is 4.93. The minimum absolute atomic E-state index is 0.0920. The van der Waals surface area contributed by atoms with Gasteiger partial charge in [-0.15, -0.1) is 0 Å². The highest BCUT2D eigenvalue weighted by Crippen LogP contribution is 2.18. The molecule has 0 fully saturated rings. The number of rotatable bonds is 4. The van der Waals surface area contributed by atoms with Crippen molar-refractivity contribution in [1.82, 2.24) is 5.32 Å². The van der Waals surface area contributed by atoms with Crippen molar-refractivity contribution in [2.75, 3.05) is 7.11 Å². The highest BCUT2D eigenvalue weighted by atomic mass is 16.5. The molecule has 1 unspecified atom stereocenters. The molecule has 1 atom stereocenters. The Morgan fingerprint density at radius 3 is 2.60 bits per heavy atom. The third-order valence-corrected chi connectivity index (χ3v) is 3.48. The molecule has 1 aromatic carbocycles. The lowest BCUT2D eigenvalue weighted by atomic mass is 9.93. The fraction of sp³-hybridized carbons (Fsp3) is 0.375. The minimum atomic E-state index is -0.352. The summed E-state index contributed by atoms with van der Waals surface area (Å²) in [6.45, 7) is 0.487. The second-order valence-corrected chi connectivity index (χ2v) is 4.89. The maximum absolute atomic E-state index is 12.0. The summed E-state index contributed by atoms with van der Waals surface area (Å²) >= 11 is 0. The summed E-state index contributed by atoms with van der Waals surface area (Å²) in [7, 11) is 1.36. The minimum Gasteiger partial charge on any atom is -0.465 e. The van der Waals surface area contributed by atoms with Crippen molar-refractivity contribution in [3.63, 3.8) is 0 Å². The van der Waals surface area contributed by atoms with E-state index in [1.165, 1.54) is 7.11 Å². The van der Waals surface area contributed by atoms with Crippen LogP contribution in [-0.4, -0.2) is 19.0 Å². The third kappa shape index (κ3) is 3.70. The average Bonchev–Trinajstić information content (AvgIpc) is 2.53. The highest BCUT2D eigenvalue weighted by molar-refractivity contribution is 5.89. The lowest BCUT2D eigenvalue weighted by Crippen LogP contribution is -2.30. The van der Waals surface area contributed by atoms with Gasteiger partial charge in [-0.1, -0.05) is 24.3 Å². The molecule has 0 saturated carbocycles. The number of allylic oxidation sites excluding steroid dienone is 2. The zero-order valence-electron chi connectivity index (χ0n) is 11.6. The van der Waals surface area contributed by atoms with E-state index in [-0.39, 0.29) is 17.8 Å². The number of hydrogen-bond donors (Lipinski definition) is 1. The van der Waals surface area contributed by atoms with Gasteiger partial charge in [0, 0.05) is 12.5 Å². The Labute approximate surface area is 118 Å². The van der Waals surface area contributed by atoms with Crippen molar-refractivity contribution in [3.05, 3.63) is 47.5 Å². The van der Waals surface area contributed by atoms with Crippen LogP contribution in [0.5, 0.6) is 0 Å². The molecule has 2 rings (SSSR count). The number of esters is 1. The molecule has 106 valence electrons. The highest BCUT2D eigenvalue weighted by Gasteiger charge is 2.18. The molecule has 0 spiro atoms. The second kappa shape index (κ2) is 6.89. The summed E-state index contributed by atoms with van der Waals surface area (Å²) in [5.41, 5.74) is 1.48. The van der Waals surface area contributed by atoms with Gasteiger partial charge in [0.2, 0.25) is 5.91 Å². The third-order valence-electron chi connectivity index (χ3n) is 3.48. The molecule has 1 amide bonds. The molecule has 0 bridgehead atoms. The van der Waals surface area contributed by atoms with E-state index in [0.29, 0.717) is 12.1 Å². The zero-order valence-corrected chi connectivity index (χ0v) is 11.6. The summed E-state index contributed by atoms with van der Waals surface area (Å²) in [6.07, 6.45) is 6.91. The Hall–Kier alpha value is -2.10. The van der Waals surface area contributed by atoms with Gasteiger partial charge in [-0.3, -0.25) is 4.79 Å². The number of amides is 1. The Bertz CT molecular complexity index is 505. The van der Waals surface area contributed by atoms with Gasteiger partial charge in [-0.2, -0.15) is 0 Å². The number of carbonyl (C=O) groups is 2. The molecule has 0 aliphatic heterocycles. The first-order chi connectivity index (χ1) is 9.70. The van der Waals surface area contributed by atoms with E-state index in [0.717, 1.165) is 24.8 Å². The monoisotopic (exact) mass is 273 g/mol. The molecular formula is C16H19NO3. The molecule has 0 aromatic heterocycles. The molecule has 0 radical (unpaired) electrons. The number of nitrogens with one attached hydrogen (secondary N) is 1. The average molecular weight is 273 g/mol. The van der Waals surface area contributed by atoms with Crippen molar-refractivity contribution >= 4 is 11.9 Å². The molecule has 1 aromatic rings. The van der Waals surface area contributed by atoms with E-state index in [4.69, 9.17) is 0 Å². The van der Waals surface area contributed by atoms with Gasteiger partial charge in [-0.05, 0) is 37.0 Å². The van der Waals surface area contributed by atoms with Crippen LogP contribution in [0.15, 0.2) is 36.4 Å².